The summed E-state index contributed by atoms with van der Waals surface area (Å²) in [4.78, 5) is 8.91. The lowest BCUT2D eigenvalue weighted by Crippen LogP contribution is -1.69. The SMILES string of the molecule is Ic1nc2cc3sc(I)nc3cc2s1. The standard InChI is InChI=1S/C8H2I2N2S2/c9-7-11-3-1-5-4(2-6(3)14-7)12-8(10)13-5/h1-2H. The van der Waals surface area contributed by atoms with E-state index < -0.39 is 0 Å². The van der Waals surface area contributed by atoms with Crippen molar-refractivity contribution in [2.24, 2.45) is 0 Å². The smallest absolute Gasteiger partial charge is 0.155 e. The minimum Gasteiger partial charge on any atom is -0.230 e. The Balaban J connectivity index is 2.49. The van der Waals surface area contributed by atoms with Crippen molar-refractivity contribution in [1.82, 2.24) is 9.97 Å². The maximum atomic E-state index is 4.45. The van der Waals surface area contributed by atoms with Crippen molar-refractivity contribution in [3.8, 4) is 0 Å². The van der Waals surface area contributed by atoms with Gasteiger partial charge in [0.05, 0.1) is 20.4 Å². The topological polar surface area (TPSA) is 25.8 Å². The van der Waals surface area contributed by atoms with Crippen LogP contribution in [0.5, 0.6) is 0 Å². The number of fused-ring (bicyclic) bond motifs is 2. The number of hydrogen-bond acceptors (Lipinski definition) is 4. The highest BCUT2D eigenvalue weighted by atomic mass is 127. The molecule has 0 radical (unpaired) electrons. The molecule has 6 heteroatoms. The van der Waals surface area contributed by atoms with Gasteiger partial charge in [-0.2, -0.15) is 0 Å². The summed E-state index contributed by atoms with van der Waals surface area (Å²) in [5, 5.41) is 0. The first-order valence-corrected chi connectivity index (χ1v) is 7.53. The fourth-order valence-corrected chi connectivity index (χ4v) is 4.65. The second kappa shape index (κ2) is 3.49. The van der Waals surface area contributed by atoms with E-state index in [2.05, 4.69) is 67.3 Å². The number of nitrogens with zero attached hydrogens (tertiary/aromatic N) is 2. The predicted octanol–water partition coefficient (Wildman–Crippen LogP) is 4.12. The summed E-state index contributed by atoms with van der Waals surface area (Å²) in [6.07, 6.45) is 0. The van der Waals surface area contributed by atoms with Gasteiger partial charge in [-0.25, -0.2) is 9.97 Å². The van der Waals surface area contributed by atoms with E-state index in [0.717, 1.165) is 17.1 Å². The van der Waals surface area contributed by atoms with Gasteiger partial charge in [0.2, 0.25) is 0 Å². The molecule has 0 bridgehead atoms. The molecule has 14 heavy (non-hydrogen) atoms. The molecule has 0 aliphatic heterocycles. The van der Waals surface area contributed by atoms with Crippen LogP contribution in [0.2, 0.25) is 0 Å². The Bertz CT molecular complexity index is 526. The lowest BCUT2D eigenvalue weighted by molar-refractivity contribution is 1.44. The normalized spacial score (nSPS) is 11.6. The Kier molecular flexibility index (Phi) is 2.41. The fraction of sp³-hybridized carbons (Fsp3) is 0. The van der Waals surface area contributed by atoms with E-state index in [4.69, 9.17) is 0 Å². The molecule has 0 atom stereocenters. The molecule has 1 aromatic carbocycles. The van der Waals surface area contributed by atoms with Crippen molar-refractivity contribution >= 4 is 88.3 Å². The lowest BCUT2D eigenvalue weighted by atomic mass is 10.3. The molecule has 0 amide bonds. The van der Waals surface area contributed by atoms with E-state index in [-0.39, 0.29) is 0 Å². The molecule has 70 valence electrons. The van der Waals surface area contributed by atoms with Crippen molar-refractivity contribution in [3.05, 3.63) is 18.2 Å². The monoisotopic (exact) mass is 444 g/mol. The first kappa shape index (κ1) is 9.67. The van der Waals surface area contributed by atoms with Crippen LogP contribution in [0.1, 0.15) is 0 Å². The van der Waals surface area contributed by atoms with Gasteiger partial charge in [-0.05, 0) is 57.3 Å². The summed E-state index contributed by atoms with van der Waals surface area (Å²) < 4.78 is 4.63. The molecule has 0 N–H and O–H groups in total. The minimum atomic E-state index is 1.09. The molecule has 0 saturated heterocycles. The van der Waals surface area contributed by atoms with Crippen LogP contribution in [0.15, 0.2) is 12.1 Å². The molecule has 2 aromatic heterocycles. The van der Waals surface area contributed by atoms with Gasteiger partial charge in [-0.1, -0.05) is 0 Å². The number of aromatic nitrogens is 2. The van der Waals surface area contributed by atoms with E-state index in [1.807, 2.05) is 0 Å². The lowest BCUT2D eigenvalue weighted by Gasteiger charge is -1.86. The Morgan fingerprint density at radius 3 is 1.71 bits per heavy atom. The van der Waals surface area contributed by atoms with Crippen molar-refractivity contribution in [1.29, 1.82) is 0 Å². The van der Waals surface area contributed by atoms with Gasteiger partial charge < -0.3 is 0 Å². The minimum absolute atomic E-state index is 1.09. The summed E-state index contributed by atoms with van der Waals surface area (Å²) >= 11 is 7.94. The van der Waals surface area contributed by atoms with Gasteiger partial charge >= 0.3 is 0 Å². The van der Waals surface area contributed by atoms with E-state index in [0.29, 0.717) is 0 Å². The highest BCUT2D eigenvalue weighted by Gasteiger charge is 2.06. The third-order valence-electron chi connectivity index (χ3n) is 1.85. The van der Waals surface area contributed by atoms with Crippen LogP contribution in [0.25, 0.3) is 20.4 Å². The number of benzene rings is 1. The van der Waals surface area contributed by atoms with Crippen molar-refractivity contribution in [2.75, 3.05) is 0 Å². The predicted molar refractivity (Wildman–Crippen MR) is 78.2 cm³/mol. The van der Waals surface area contributed by atoms with E-state index in [1.54, 1.807) is 22.7 Å². The van der Waals surface area contributed by atoms with Gasteiger partial charge in [-0.15, -0.1) is 22.7 Å². The quantitative estimate of drug-likeness (QED) is 0.488. The second-order valence-corrected chi connectivity index (χ2v) is 8.29. The summed E-state index contributed by atoms with van der Waals surface area (Å²) in [6, 6.07) is 4.26. The Morgan fingerprint density at radius 1 is 0.857 bits per heavy atom. The zero-order chi connectivity index (χ0) is 9.71. The van der Waals surface area contributed by atoms with Crippen LogP contribution in [0.3, 0.4) is 0 Å². The maximum absolute atomic E-state index is 4.45. The van der Waals surface area contributed by atoms with E-state index >= 15 is 0 Å². The zero-order valence-corrected chi connectivity index (χ0v) is 12.6. The summed E-state index contributed by atoms with van der Waals surface area (Å²) in [7, 11) is 0. The summed E-state index contributed by atoms with van der Waals surface area (Å²) in [6.45, 7) is 0. The molecule has 0 fully saturated rings. The highest BCUT2D eigenvalue weighted by Crippen LogP contribution is 2.31. The first-order chi connectivity index (χ1) is 6.72. The second-order valence-electron chi connectivity index (χ2n) is 2.72. The molecule has 0 unspecified atom stereocenters. The molecule has 0 aliphatic carbocycles. The average Bonchev–Trinajstić information content (AvgIpc) is 2.59. The third kappa shape index (κ3) is 1.55. The number of halogens is 2. The van der Waals surface area contributed by atoms with Crippen LogP contribution >= 0.6 is 67.9 Å². The molecule has 3 rings (SSSR count). The van der Waals surface area contributed by atoms with Crippen LogP contribution in [0, 0.1) is 6.03 Å². The molecule has 2 heterocycles. The van der Waals surface area contributed by atoms with E-state index in [1.165, 1.54) is 9.40 Å². The van der Waals surface area contributed by atoms with Gasteiger partial charge in [0.1, 0.15) is 0 Å². The van der Waals surface area contributed by atoms with Gasteiger partial charge in [0.15, 0.2) is 6.03 Å². The molecule has 2 nitrogen and oxygen atoms in total. The molecule has 0 saturated carbocycles. The Labute approximate surface area is 115 Å². The molecular weight excluding hydrogens is 442 g/mol. The number of rotatable bonds is 0. The first-order valence-electron chi connectivity index (χ1n) is 3.74. The largest absolute Gasteiger partial charge is 0.230 e. The zero-order valence-electron chi connectivity index (χ0n) is 6.62. The Morgan fingerprint density at radius 2 is 1.29 bits per heavy atom. The van der Waals surface area contributed by atoms with Crippen LogP contribution in [-0.2, 0) is 0 Å². The third-order valence-corrected chi connectivity index (χ3v) is 5.26. The summed E-state index contributed by atoms with van der Waals surface area (Å²) in [5.41, 5.74) is 2.18. The molecular formula is C8H2I2N2S2. The Hall–Kier alpha value is 0.460. The van der Waals surface area contributed by atoms with Crippen LogP contribution in [-0.4, -0.2) is 9.97 Å². The van der Waals surface area contributed by atoms with Gasteiger partial charge in [0.25, 0.3) is 0 Å². The fourth-order valence-electron chi connectivity index (χ4n) is 1.29. The highest BCUT2D eigenvalue weighted by molar-refractivity contribution is 14.1. The average molecular weight is 444 g/mol. The summed E-state index contributed by atoms with van der Waals surface area (Å²) in [5.74, 6) is 0. The maximum Gasteiger partial charge on any atom is 0.155 e. The molecule has 0 aliphatic rings. The number of thiazole rings is 2. The van der Waals surface area contributed by atoms with Crippen molar-refractivity contribution < 1.29 is 0 Å². The van der Waals surface area contributed by atoms with E-state index in [9.17, 15) is 0 Å². The van der Waals surface area contributed by atoms with Gasteiger partial charge in [0, 0.05) is 0 Å². The number of hydrogen-bond donors (Lipinski definition) is 0. The van der Waals surface area contributed by atoms with Gasteiger partial charge in [-0.3, -0.25) is 0 Å². The molecule has 0 spiro atoms. The van der Waals surface area contributed by atoms with Crippen LogP contribution < -0.4 is 0 Å². The van der Waals surface area contributed by atoms with Crippen LogP contribution in [0.4, 0.5) is 0 Å². The van der Waals surface area contributed by atoms with Crippen molar-refractivity contribution in [2.45, 2.75) is 0 Å². The van der Waals surface area contributed by atoms with Crippen molar-refractivity contribution in [3.63, 3.8) is 0 Å². The molecule has 3 aromatic rings.